The molecule has 2 aromatic heterocycles. The molecule has 0 amide bonds. The van der Waals surface area contributed by atoms with Crippen molar-refractivity contribution in [2.24, 2.45) is 0 Å². The van der Waals surface area contributed by atoms with E-state index < -0.39 is 6.71 Å². The molecule has 2 aliphatic heterocycles. The highest BCUT2D eigenvalue weighted by Crippen LogP contribution is 2.57. The van der Waals surface area contributed by atoms with E-state index >= 15 is 0 Å². The maximum atomic E-state index is 10.8. The lowest BCUT2D eigenvalue weighted by Crippen LogP contribution is -2.61. The second-order valence-electron chi connectivity index (χ2n) is 35.4. The molecule has 0 saturated heterocycles. The number of para-hydroxylation sites is 4. The van der Waals surface area contributed by atoms with Gasteiger partial charge in [0.1, 0.15) is 0 Å². The molecular weight excluding hydrogens is 1510 g/mol. The van der Waals surface area contributed by atoms with E-state index in [1.807, 2.05) is 36.4 Å². The summed E-state index contributed by atoms with van der Waals surface area (Å²) in [5.41, 5.74) is 37.8. The van der Waals surface area contributed by atoms with Gasteiger partial charge in [-0.1, -0.05) is 333 Å². The van der Waals surface area contributed by atoms with E-state index in [4.69, 9.17) is 6.57 Å². The lowest BCUT2D eigenvalue weighted by atomic mass is 9.33. The smallest absolute Gasteiger partial charge is 0.252 e. The van der Waals surface area contributed by atoms with Gasteiger partial charge in [-0.2, -0.15) is 5.26 Å². The van der Waals surface area contributed by atoms with Gasteiger partial charge in [-0.15, -0.1) is 0 Å². The summed E-state index contributed by atoms with van der Waals surface area (Å²) in [6, 6.07) is 153. The number of aromatic nitrogens is 2. The van der Waals surface area contributed by atoms with Crippen LogP contribution in [0.5, 0.6) is 0 Å². The molecule has 7 heteroatoms. The van der Waals surface area contributed by atoms with E-state index in [1.165, 1.54) is 32.7 Å². The van der Waals surface area contributed by atoms with Crippen LogP contribution in [0.4, 0.5) is 39.8 Å². The van der Waals surface area contributed by atoms with Crippen LogP contribution in [-0.2, 0) is 10.8 Å². The van der Waals surface area contributed by atoms with Crippen LogP contribution in [-0.4, -0.2) is 15.8 Å². The Hall–Kier alpha value is -15.8. The zero-order chi connectivity index (χ0) is 84.3. The van der Waals surface area contributed by atoms with Crippen LogP contribution in [0.1, 0.15) is 58.2 Å². The average molecular weight is 1600 g/mol. The van der Waals surface area contributed by atoms with Crippen molar-refractivity contribution in [2.75, 3.05) is 9.80 Å². The molecule has 0 spiro atoms. The van der Waals surface area contributed by atoms with Crippen LogP contribution in [0.25, 0.3) is 160 Å². The topological polar surface area (TPSA) is 44.5 Å². The Morgan fingerprint density at radius 1 is 0.272 bits per heavy atom. The Bertz CT molecular complexity index is 7270. The summed E-state index contributed by atoms with van der Waals surface area (Å²) in [7, 11) is 0. The third kappa shape index (κ3) is 13.0. The largest absolute Gasteiger partial charge is 0.310 e. The van der Waals surface area contributed by atoms with Gasteiger partial charge in [0.25, 0.3) is 6.71 Å². The number of rotatable bonds is 13. The third-order valence-electron chi connectivity index (χ3n) is 25.8. The van der Waals surface area contributed by atoms with E-state index in [0.717, 1.165) is 184 Å². The van der Waals surface area contributed by atoms with Crippen molar-refractivity contribution >= 4 is 107 Å². The molecule has 18 aromatic carbocycles. The molecule has 22 rings (SSSR count). The van der Waals surface area contributed by atoms with Gasteiger partial charge in [0.15, 0.2) is 5.69 Å². The monoisotopic (exact) mass is 1600 g/mol. The van der Waals surface area contributed by atoms with Gasteiger partial charge in [-0.25, -0.2) is 4.85 Å². The fourth-order valence-corrected chi connectivity index (χ4v) is 19.7. The lowest BCUT2D eigenvalue weighted by Gasteiger charge is -2.46. The molecule has 0 N–H and O–H groups in total. The van der Waals surface area contributed by atoms with Gasteiger partial charge < -0.3 is 18.9 Å². The van der Waals surface area contributed by atoms with Crippen molar-refractivity contribution in [3.63, 3.8) is 0 Å². The molecule has 6 nitrogen and oxygen atoms in total. The third-order valence-corrected chi connectivity index (χ3v) is 25.8. The number of hydrogen-bond acceptors (Lipinski definition) is 3. The lowest BCUT2D eigenvalue weighted by molar-refractivity contribution is 0.590. The first-order chi connectivity index (χ1) is 61.2. The first-order valence-corrected chi connectivity index (χ1v) is 43.1. The minimum Gasteiger partial charge on any atom is -0.310 e. The van der Waals surface area contributed by atoms with Gasteiger partial charge in [0.05, 0.1) is 51.6 Å². The quantitative estimate of drug-likeness (QED) is 0.0854. The highest BCUT2D eigenvalue weighted by molar-refractivity contribution is 7.00. The predicted octanol–water partition coefficient (Wildman–Crippen LogP) is 30.0. The normalized spacial score (nSPS) is 12.3. The molecule has 590 valence electrons. The summed E-state index contributed by atoms with van der Waals surface area (Å²) in [6.07, 6.45) is 0. The van der Waals surface area contributed by atoms with Gasteiger partial charge >= 0.3 is 0 Å². The summed E-state index contributed by atoms with van der Waals surface area (Å²) in [4.78, 5) is 9.44. The summed E-state index contributed by atoms with van der Waals surface area (Å²) >= 11 is 0. The molecule has 0 aliphatic carbocycles. The number of hydrogen-bond donors (Lipinski definition) is 0. The molecule has 0 radical (unpaired) electrons. The second-order valence-corrected chi connectivity index (χ2v) is 35.4. The summed E-state index contributed by atoms with van der Waals surface area (Å²) in [5, 5.41) is 15.5. The van der Waals surface area contributed by atoms with Crippen molar-refractivity contribution < 1.29 is 0 Å². The maximum Gasteiger partial charge on any atom is 0.252 e. The molecular formula is C118H85BN6. The van der Waals surface area contributed by atoms with Crippen molar-refractivity contribution in [2.45, 2.75) is 52.4 Å². The van der Waals surface area contributed by atoms with E-state index in [-0.39, 0.29) is 10.8 Å². The average Bonchev–Trinajstić information content (AvgIpc) is 1.06. The summed E-state index contributed by atoms with van der Waals surface area (Å²) in [6.45, 7) is 21.8. The van der Waals surface area contributed by atoms with Crippen molar-refractivity contribution in [1.29, 1.82) is 5.26 Å². The molecule has 0 atom stereocenters. The Morgan fingerprint density at radius 3 is 0.992 bits per heavy atom. The van der Waals surface area contributed by atoms with Crippen LogP contribution in [0.15, 0.2) is 406 Å². The number of fused-ring (bicyclic) bond motifs is 10. The Morgan fingerprint density at radius 2 is 0.600 bits per heavy atom. The molecule has 0 bridgehead atoms. The first-order valence-electron chi connectivity index (χ1n) is 43.1. The SMILES string of the molecule is [C-]#[N+]c1cccc(-c2cc(-c3ccc(C(C)(C)C)cc3)c(N3c4cc(-n5c6ccccc6c6ccccc65)ccc4B4c5ccc(-n6c7ccccc7c7ccccc76)cc5N(c5c(-c6ccc(C(C)(C)C)cc6)cc(-c6cccc(C#N)c6)cc5-c5cccc(-c6ccccc6)c5)c5cc(-c6ccccc6)cc3c54)c(-c3cccc(-c4ccccc4)c3)c2)c1. The van der Waals surface area contributed by atoms with E-state index in [1.54, 1.807) is 0 Å². The van der Waals surface area contributed by atoms with E-state index in [9.17, 15) is 5.26 Å². The fourth-order valence-electron chi connectivity index (χ4n) is 19.7. The Kier molecular flexibility index (Phi) is 18.2. The highest BCUT2D eigenvalue weighted by Gasteiger charge is 2.46. The van der Waals surface area contributed by atoms with Crippen LogP contribution >= 0.6 is 0 Å². The van der Waals surface area contributed by atoms with Gasteiger partial charge in [0.2, 0.25) is 0 Å². The minimum absolute atomic E-state index is 0.150. The molecule has 125 heavy (non-hydrogen) atoms. The Labute approximate surface area is 730 Å². The number of nitriles is 1. The number of benzene rings is 18. The maximum absolute atomic E-state index is 10.8. The molecule has 0 saturated carbocycles. The van der Waals surface area contributed by atoms with Gasteiger partial charge in [-0.3, -0.25) is 0 Å². The van der Waals surface area contributed by atoms with E-state index in [2.05, 4.69) is 441 Å². The number of nitrogens with zero attached hydrogens (tertiary/aromatic N) is 6. The van der Waals surface area contributed by atoms with Gasteiger partial charge in [-0.05, 0) is 231 Å². The second kappa shape index (κ2) is 30.1. The molecule has 2 aliphatic rings. The van der Waals surface area contributed by atoms with E-state index in [0.29, 0.717) is 11.3 Å². The van der Waals surface area contributed by atoms with Crippen LogP contribution < -0.4 is 26.2 Å². The van der Waals surface area contributed by atoms with Gasteiger partial charge in [0, 0.05) is 77.9 Å². The summed E-state index contributed by atoms with van der Waals surface area (Å²) < 4.78 is 4.96. The van der Waals surface area contributed by atoms with Crippen molar-refractivity contribution in [3.05, 3.63) is 435 Å². The number of anilines is 6. The molecule has 4 heterocycles. The minimum atomic E-state index is -0.399. The first kappa shape index (κ1) is 75.4. The molecule has 0 fully saturated rings. The fraction of sp³-hybridized carbons (Fsp3) is 0.0678. The molecule has 0 unspecified atom stereocenters. The summed E-state index contributed by atoms with van der Waals surface area (Å²) in [5.74, 6) is 0. The van der Waals surface area contributed by atoms with Crippen LogP contribution in [0.3, 0.4) is 0 Å². The highest BCUT2D eigenvalue weighted by atomic mass is 15.2. The van der Waals surface area contributed by atoms with Crippen LogP contribution in [0, 0.1) is 17.9 Å². The Balaban J connectivity index is 0.940. The molecule has 20 aromatic rings. The standard InChI is InChI=1S/C118H85BN6/c1-117(2,3)91-55-51-80(52-56-91)100-67-88(82-36-25-29-76(63-82)75-120)69-102(86-40-26-37-83(64-86)77-30-11-8-12-31-77)115(100)124-110-73-94(122-106-47-21-17-43-96(106)97-44-18-22-48-107(97)122)59-61-104(110)119-105-62-60-95(123-108-49-23-19-45-98(108)99-46-20-24-50-109(99)123)74-111(105)125(113-72-90(71-112(124)114(113)119)79-34-15-10-16-35-79)116-101(81-53-57-92(58-54-81)118(4,5)6)68-89(85-39-28-42-93(66-85)121-7)70-103(116)87-41-27-38-84(65-87)78-32-13-9-14-33-78/h8-74H,1-6H3. The zero-order valence-electron chi connectivity index (χ0n) is 70.4. The zero-order valence-corrected chi connectivity index (χ0v) is 70.4. The van der Waals surface area contributed by atoms with Crippen molar-refractivity contribution in [3.8, 4) is 118 Å². The predicted molar refractivity (Wildman–Crippen MR) is 526 cm³/mol. The van der Waals surface area contributed by atoms with Crippen molar-refractivity contribution in [1.82, 2.24) is 9.13 Å². The van der Waals surface area contributed by atoms with Crippen LogP contribution in [0.2, 0.25) is 0 Å².